The molecule has 5 heteroatoms. The van der Waals surface area contributed by atoms with Crippen molar-refractivity contribution < 1.29 is 9.53 Å². The van der Waals surface area contributed by atoms with Crippen molar-refractivity contribution in [2.24, 2.45) is 11.7 Å². The van der Waals surface area contributed by atoms with Crippen molar-refractivity contribution in [3.63, 3.8) is 0 Å². The van der Waals surface area contributed by atoms with Crippen molar-refractivity contribution in [2.45, 2.75) is 18.9 Å². The lowest BCUT2D eigenvalue weighted by Crippen LogP contribution is -2.40. The smallest absolute Gasteiger partial charge is 0.319 e. The molecular weight excluding hydrogens is 230 g/mol. The van der Waals surface area contributed by atoms with Gasteiger partial charge in [0.05, 0.1) is 12.8 Å². The molecule has 98 valence electrons. The number of carbonyl (C=O) groups is 1. The summed E-state index contributed by atoms with van der Waals surface area (Å²) in [7, 11) is 1.57. The van der Waals surface area contributed by atoms with Crippen LogP contribution in [0.1, 0.15) is 12.8 Å². The molecule has 5 nitrogen and oxygen atoms in total. The fourth-order valence-electron chi connectivity index (χ4n) is 1.82. The van der Waals surface area contributed by atoms with Gasteiger partial charge < -0.3 is 21.1 Å². The van der Waals surface area contributed by atoms with Crippen molar-refractivity contribution in [1.29, 1.82) is 0 Å². The lowest BCUT2D eigenvalue weighted by molar-refractivity contribution is 0.251. The molecule has 1 aliphatic carbocycles. The maximum Gasteiger partial charge on any atom is 0.319 e. The molecule has 0 heterocycles. The highest BCUT2D eigenvalue weighted by molar-refractivity contribution is 5.90. The van der Waals surface area contributed by atoms with Gasteiger partial charge in [-0.1, -0.05) is 12.1 Å². The van der Waals surface area contributed by atoms with E-state index in [0.717, 1.165) is 0 Å². The predicted octanol–water partition coefficient (Wildman–Crippen LogP) is 1.55. The monoisotopic (exact) mass is 249 g/mol. The molecule has 1 aliphatic rings. The molecule has 1 atom stereocenters. The molecule has 1 fully saturated rings. The first-order chi connectivity index (χ1) is 8.70. The highest BCUT2D eigenvalue weighted by atomic mass is 16.5. The first-order valence-electron chi connectivity index (χ1n) is 6.14. The maximum atomic E-state index is 11.7. The van der Waals surface area contributed by atoms with Crippen molar-refractivity contribution >= 4 is 11.7 Å². The van der Waals surface area contributed by atoms with Gasteiger partial charge in [-0.05, 0) is 30.9 Å². The molecule has 2 rings (SSSR count). The second-order valence-electron chi connectivity index (χ2n) is 4.54. The number of benzene rings is 1. The second kappa shape index (κ2) is 5.73. The Kier molecular flexibility index (Phi) is 4.04. The fourth-order valence-corrected chi connectivity index (χ4v) is 1.82. The minimum atomic E-state index is -0.254. The van der Waals surface area contributed by atoms with Gasteiger partial charge in [-0.15, -0.1) is 0 Å². The zero-order valence-corrected chi connectivity index (χ0v) is 10.5. The van der Waals surface area contributed by atoms with E-state index in [4.69, 9.17) is 10.5 Å². The predicted molar refractivity (Wildman–Crippen MR) is 70.7 cm³/mol. The van der Waals surface area contributed by atoms with Crippen molar-refractivity contribution in [3.05, 3.63) is 24.3 Å². The van der Waals surface area contributed by atoms with Crippen molar-refractivity contribution in [1.82, 2.24) is 5.32 Å². The van der Waals surface area contributed by atoms with Crippen LogP contribution in [-0.4, -0.2) is 25.7 Å². The molecule has 18 heavy (non-hydrogen) atoms. The Balaban J connectivity index is 1.82. The van der Waals surface area contributed by atoms with Gasteiger partial charge in [-0.25, -0.2) is 4.79 Å². The zero-order valence-electron chi connectivity index (χ0n) is 10.5. The Morgan fingerprint density at radius 1 is 1.50 bits per heavy atom. The number of para-hydroxylation sites is 2. The largest absolute Gasteiger partial charge is 0.495 e. The molecule has 0 aromatic heterocycles. The summed E-state index contributed by atoms with van der Waals surface area (Å²) >= 11 is 0. The molecule has 4 N–H and O–H groups in total. The van der Waals surface area contributed by atoms with Gasteiger partial charge in [0.1, 0.15) is 5.75 Å². The molecule has 0 bridgehead atoms. The number of carbonyl (C=O) groups excluding carboxylic acids is 1. The summed E-state index contributed by atoms with van der Waals surface area (Å²) < 4.78 is 5.15. The first kappa shape index (κ1) is 12.7. The van der Waals surface area contributed by atoms with Crippen LogP contribution in [0.4, 0.5) is 10.5 Å². The van der Waals surface area contributed by atoms with Gasteiger partial charge in [0.15, 0.2) is 0 Å². The Labute approximate surface area is 107 Å². The highest BCUT2D eigenvalue weighted by Gasteiger charge is 2.28. The van der Waals surface area contributed by atoms with Gasteiger partial charge in [0, 0.05) is 12.6 Å². The number of rotatable bonds is 5. The van der Waals surface area contributed by atoms with E-state index >= 15 is 0 Å². The van der Waals surface area contributed by atoms with Gasteiger partial charge in [0.25, 0.3) is 0 Å². The van der Waals surface area contributed by atoms with Gasteiger partial charge in [-0.2, -0.15) is 0 Å². The molecule has 1 aromatic carbocycles. The number of amides is 2. The molecule has 1 aromatic rings. The number of ether oxygens (including phenoxy) is 1. The normalized spacial score (nSPS) is 15.9. The summed E-state index contributed by atoms with van der Waals surface area (Å²) in [5.74, 6) is 1.22. The van der Waals surface area contributed by atoms with E-state index in [1.54, 1.807) is 19.2 Å². The van der Waals surface area contributed by atoms with Crippen LogP contribution in [0.3, 0.4) is 0 Å². The molecule has 2 amide bonds. The van der Waals surface area contributed by atoms with Crippen molar-refractivity contribution in [3.8, 4) is 5.75 Å². The van der Waals surface area contributed by atoms with E-state index in [-0.39, 0.29) is 12.1 Å². The SMILES string of the molecule is COc1ccccc1NC(=O)NCC(N)C1CC1. The molecule has 0 spiro atoms. The van der Waals surface area contributed by atoms with Gasteiger partial charge in [-0.3, -0.25) is 0 Å². The molecule has 1 unspecified atom stereocenters. The Morgan fingerprint density at radius 2 is 2.22 bits per heavy atom. The lowest BCUT2D eigenvalue weighted by Gasteiger charge is -2.13. The highest BCUT2D eigenvalue weighted by Crippen LogP contribution is 2.31. The number of anilines is 1. The minimum Gasteiger partial charge on any atom is -0.495 e. The van der Waals surface area contributed by atoms with Crippen LogP contribution in [0, 0.1) is 5.92 Å². The molecule has 0 aliphatic heterocycles. The number of urea groups is 1. The third-order valence-electron chi connectivity index (χ3n) is 3.08. The average Bonchev–Trinajstić information content (AvgIpc) is 3.21. The Hall–Kier alpha value is -1.75. The summed E-state index contributed by atoms with van der Waals surface area (Å²) in [6.45, 7) is 0.506. The zero-order chi connectivity index (χ0) is 13.0. The summed E-state index contributed by atoms with van der Waals surface area (Å²) in [6.07, 6.45) is 2.36. The standard InChI is InChI=1S/C13H19N3O2/c1-18-12-5-3-2-4-11(12)16-13(17)15-8-10(14)9-6-7-9/h2-5,9-10H,6-8,14H2,1H3,(H2,15,16,17). The van der Waals surface area contributed by atoms with E-state index in [1.807, 2.05) is 12.1 Å². The Bertz CT molecular complexity index is 418. The van der Waals surface area contributed by atoms with E-state index in [1.165, 1.54) is 12.8 Å². The van der Waals surface area contributed by atoms with Crippen LogP contribution in [-0.2, 0) is 0 Å². The number of hydrogen-bond donors (Lipinski definition) is 3. The van der Waals surface area contributed by atoms with Crippen LogP contribution in [0.25, 0.3) is 0 Å². The molecule has 1 saturated carbocycles. The van der Waals surface area contributed by atoms with E-state index < -0.39 is 0 Å². The van der Waals surface area contributed by atoms with Crippen LogP contribution in [0.5, 0.6) is 5.75 Å². The van der Waals surface area contributed by atoms with E-state index in [9.17, 15) is 4.79 Å². The van der Waals surface area contributed by atoms with Crippen LogP contribution in [0.2, 0.25) is 0 Å². The number of hydrogen-bond acceptors (Lipinski definition) is 3. The number of nitrogens with one attached hydrogen (secondary N) is 2. The van der Waals surface area contributed by atoms with Crippen LogP contribution >= 0.6 is 0 Å². The van der Waals surface area contributed by atoms with Crippen LogP contribution in [0.15, 0.2) is 24.3 Å². The van der Waals surface area contributed by atoms with Gasteiger partial charge in [0.2, 0.25) is 0 Å². The quantitative estimate of drug-likeness (QED) is 0.741. The maximum absolute atomic E-state index is 11.7. The first-order valence-corrected chi connectivity index (χ1v) is 6.14. The second-order valence-corrected chi connectivity index (χ2v) is 4.54. The third kappa shape index (κ3) is 3.37. The average molecular weight is 249 g/mol. The molecular formula is C13H19N3O2. The fraction of sp³-hybridized carbons (Fsp3) is 0.462. The topological polar surface area (TPSA) is 76.4 Å². The van der Waals surface area contributed by atoms with E-state index in [0.29, 0.717) is 23.9 Å². The molecule has 0 saturated heterocycles. The number of methoxy groups -OCH3 is 1. The lowest BCUT2D eigenvalue weighted by atomic mass is 10.2. The number of nitrogens with two attached hydrogens (primary N) is 1. The Morgan fingerprint density at radius 3 is 2.89 bits per heavy atom. The summed E-state index contributed by atoms with van der Waals surface area (Å²) in [6, 6.07) is 7.09. The van der Waals surface area contributed by atoms with Crippen molar-refractivity contribution in [2.75, 3.05) is 19.0 Å². The van der Waals surface area contributed by atoms with Crippen LogP contribution < -0.4 is 21.1 Å². The van der Waals surface area contributed by atoms with E-state index in [2.05, 4.69) is 10.6 Å². The third-order valence-corrected chi connectivity index (χ3v) is 3.08. The molecule has 0 radical (unpaired) electrons. The summed E-state index contributed by atoms with van der Waals surface area (Å²) in [4.78, 5) is 11.7. The minimum absolute atomic E-state index is 0.0634. The summed E-state index contributed by atoms with van der Waals surface area (Å²) in [5.41, 5.74) is 6.56. The van der Waals surface area contributed by atoms with Gasteiger partial charge >= 0.3 is 6.03 Å². The summed E-state index contributed by atoms with van der Waals surface area (Å²) in [5, 5.41) is 5.52.